The van der Waals surface area contributed by atoms with E-state index in [4.69, 9.17) is 9.47 Å². The lowest BCUT2D eigenvalue weighted by Gasteiger charge is -2.16. The lowest BCUT2D eigenvalue weighted by molar-refractivity contribution is 0.101. The molecule has 0 spiro atoms. The van der Waals surface area contributed by atoms with Gasteiger partial charge in [0.05, 0.1) is 35.7 Å². The fourth-order valence-electron chi connectivity index (χ4n) is 8.36. The van der Waals surface area contributed by atoms with Gasteiger partial charge in [-0.15, -0.1) is 10.2 Å². The Hall–Kier alpha value is -10.2. The highest BCUT2D eigenvalue weighted by Gasteiger charge is 2.23. The molecular formula is C60H50N8O8. The van der Waals surface area contributed by atoms with Gasteiger partial charge in [-0.25, -0.2) is 0 Å². The maximum Gasteiger partial charge on any atom is 0.259 e. The maximum atomic E-state index is 14.1. The summed E-state index contributed by atoms with van der Waals surface area (Å²) in [5, 5.41) is 55.0. The standard InChI is InChI=1S/C60H50N8O8/c1-5-75-45-29-39(57(71)61-41-19-9-7-10-20-41)27-43(33-45)65-67-53-47-23-15-13-17-37(47)31-49(55(53)69)59(73)63-51-25-36(4)52(26-35(51)3)64-60(74)50-32-38-18-14-16-24-48(38)54(56(50)70)68-66-44-28-40(30-46(34-44)76-6-2)58(72)62-42-21-11-8-12-22-42/h7-34,69-70H,5-6H2,1-4H3,(H,61,71)(H,62,72)(H,63,73)(H,64,74). The Bertz CT molecular complexity index is 3520. The van der Waals surface area contributed by atoms with Crippen molar-refractivity contribution in [3.05, 3.63) is 203 Å². The molecular weight excluding hydrogens is 961 g/mol. The van der Waals surface area contributed by atoms with E-state index in [9.17, 15) is 29.4 Å². The van der Waals surface area contributed by atoms with E-state index in [1.807, 2.05) is 50.2 Å². The van der Waals surface area contributed by atoms with Gasteiger partial charge >= 0.3 is 0 Å². The summed E-state index contributed by atoms with van der Waals surface area (Å²) < 4.78 is 11.5. The van der Waals surface area contributed by atoms with E-state index in [-0.39, 0.29) is 56.8 Å². The van der Waals surface area contributed by atoms with E-state index in [0.29, 0.717) is 80.1 Å². The second-order valence-corrected chi connectivity index (χ2v) is 17.4. The number of amides is 4. The van der Waals surface area contributed by atoms with Crippen LogP contribution in [0.1, 0.15) is 66.4 Å². The summed E-state index contributed by atoms with van der Waals surface area (Å²) in [5.74, 6) is -2.14. The highest BCUT2D eigenvalue weighted by Crippen LogP contribution is 2.42. The van der Waals surface area contributed by atoms with Crippen molar-refractivity contribution in [2.24, 2.45) is 20.5 Å². The van der Waals surface area contributed by atoms with Gasteiger partial charge in [-0.3, -0.25) is 19.2 Å². The molecule has 0 atom stereocenters. The van der Waals surface area contributed by atoms with Crippen molar-refractivity contribution in [2.45, 2.75) is 27.7 Å². The number of ether oxygens (including phenoxy) is 2. The fourth-order valence-corrected chi connectivity index (χ4v) is 8.36. The van der Waals surface area contributed by atoms with Gasteiger partial charge in [0.1, 0.15) is 22.9 Å². The first kappa shape index (κ1) is 50.7. The average molecular weight is 1010 g/mol. The molecule has 378 valence electrons. The van der Waals surface area contributed by atoms with E-state index >= 15 is 0 Å². The van der Waals surface area contributed by atoms with Crippen molar-refractivity contribution in [3.63, 3.8) is 0 Å². The Morgan fingerprint density at radius 1 is 0.434 bits per heavy atom. The van der Waals surface area contributed by atoms with Crippen molar-refractivity contribution < 1.29 is 38.9 Å². The van der Waals surface area contributed by atoms with Gasteiger partial charge in [0, 0.05) is 56.8 Å². The summed E-state index contributed by atoms with van der Waals surface area (Å²) in [7, 11) is 0. The number of nitrogens with one attached hydrogen (secondary N) is 4. The molecule has 0 aliphatic heterocycles. The van der Waals surface area contributed by atoms with Crippen molar-refractivity contribution in [1.82, 2.24) is 0 Å². The summed E-state index contributed by atoms with van der Waals surface area (Å²) >= 11 is 0. The van der Waals surface area contributed by atoms with Crippen molar-refractivity contribution >= 4 is 90.7 Å². The van der Waals surface area contributed by atoms with Crippen LogP contribution < -0.4 is 30.7 Å². The molecule has 16 nitrogen and oxygen atoms in total. The Morgan fingerprint density at radius 3 is 1.21 bits per heavy atom. The molecule has 9 aromatic rings. The molecule has 0 unspecified atom stereocenters. The first-order valence-electron chi connectivity index (χ1n) is 24.2. The minimum atomic E-state index is -0.642. The predicted molar refractivity (Wildman–Crippen MR) is 295 cm³/mol. The number of phenolic OH excluding ortho intramolecular Hbond substituents is 2. The first-order valence-corrected chi connectivity index (χ1v) is 24.2. The van der Waals surface area contributed by atoms with E-state index in [1.165, 1.54) is 0 Å². The van der Waals surface area contributed by atoms with Crippen LogP contribution in [0.2, 0.25) is 0 Å². The topological polar surface area (TPSA) is 225 Å². The SMILES string of the molecule is CCOc1cc(N=Nc2c(O)c(C(=O)Nc3cc(C)c(NC(=O)c4cc5ccccc5c(N=Nc5cc(OCC)cc(C(=O)Nc6ccccc6)c5)c4O)cc3C)cc3ccccc23)cc(C(=O)Nc2ccccc2)c1. The molecule has 9 aromatic carbocycles. The molecule has 0 heterocycles. The molecule has 0 fully saturated rings. The summed E-state index contributed by atoms with van der Waals surface area (Å²) in [6, 6.07) is 48.2. The molecule has 0 saturated heterocycles. The fraction of sp³-hybridized carbons (Fsp3) is 0.100. The van der Waals surface area contributed by atoms with Crippen LogP contribution in [0.3, 0.4) is 0 Å². The minimum Gasteiger partial charge on any atom is -0.505 e. The van der Waals surface area contributed by atoms with E-state index in [2.05, 4.69) is 41.7 Å². The molecule has 0 radical (unpaired) electrons. The van der Waals surface area contributed by atoms with Gasteiger partial charge in [-0.1, -0.05) is 84.9 Å². The summed E-state index contributed by atoms with van der Waals surface area (Å²) in [6.45, 7) is 7.80. The maximum absolute atomic E-state index is 14.1. The van der Waals surface area contributed by atoms with E-state index in [0.717, 1.165) is 0 Å². The van der Waals surface area contributed by atoms with Crippen LogP contribution in [-0.2, 0) is 0 Å². The van der Waals surface area contributed by atoms with E-state index < -0.39 is 23.3 Å². The summed E-state index contributed by atoms with van der Waals surface area (Å²) in [4.78, 5) is 54.9. The Morgan fingerprint density at radius 2 is 0.816 bits per heavy atom. The third-order valence-electron chi connectivity index (χ3n) is 12.1. The van der Waals surface area contributed by atoms with Crippen LogP contribution in [-0.4, -0.2) is 47.1 Å². The van der Waals surface area contributed by atoms with Crippen molar-refractivity contribution in [1.29, 1.82) is 0 Å². The summed E-state index contributed by atoms with van der Waals surface area (Å²) in [6.07, 6.45) is 0. The van der Waals surface area contributed by atoms with Gasteiger partial charge in [0.15, 0.2) is 11.5 Å². The predicted octanol–water partition coefficient (Wildman–Crippen LogP) is 14.7. The number of nitrogens with zero attached hydrogens (tertiary/aromatic N) is 4. The molecule has 0 saturated carbocycles. The zero-order chi connectivity index (χ0) is 53.3. The number of hydrogen-bond donors (Lipinski definition) is 6. The van der Waals surface area contributed by atoms with Crippen LogP contribution in [0.25, 0.3) is 21.5 Å². The van der Waals surface area contributed by atoms with Crippen LogP contribution in [0, 0.1) is 13.8 Å². The molecule has 4 amide bonds. The van der Waals surface area contributed by atoms with E-state index in [1.54, 1.807) is 147 Å². The zero-order valence-electron chi connectivity index (χ0n) is 41.7. The number of phenols is 2. The number of anilines is 4. The Labute approximate surface area is 436 Å². The number of azo groups is 2. The van der Waals surface area contributed by atoms with Crippen LogP contribution in [0.5, 0.6) is 23.0 Å². The zero-order valence-corrected chi connectivity index (χ0v) is 41.7. The summed E-state index contributed by atoms with van der Waals surface area (Å²) in [5.41, 5.74) is 4.12. The Kier molecular flexibility index (Phi) is 15.1. The number of rotatable bonds is 16. The third-order valence-corrected chi connectivity index (χ3v) is 12.1. The first-order chi connectivity index (χ1) is 36.8. The number of hydrogen-bond acceptors (Lipinski definition) is 12. The number of fused-ring (bicyclic) bond motifs is 2. The second-order valence-electron chi connectivity index (χ2n) is 17.4. The van der Waals surface area contributed by atoms with Gasteiger partial charge in [-0.2, -0.15) is 10.2 Å². The average Bonchev–Trinajstić information content (AvgIpc) is 3.42. The molecule has 9 rings (SSSR count). The van der Waals surface area contributed by atoms with Crippen LogP contribution in [0.4, 0.5) is 45.5 Å². The molecule has 0 aliphatic rings. The normalized spacial score (nSPS) is 11.2. The van der Waals surface area contributed by atoms with Crippen molar-refractivity contribution in [2.75, 3.05) is 34.5 Å². The number of aryl methyl sites for hydroxylation is 2. The van der Waals surface area contributed by atoms with Gasteiger partial charge in [0.25, 0.3) is 23.6 Å². The van der Waals surface area contributed by atoms with Crippen LogP contribution in [0.15, 0.2) is 190 Å². The monoisotopic (exact) mass is 1010 g/mol. The largest absolute Gasteiger partial charge is 0.505 e. The quantitative estimate of drug-likeness (QED) is 0.0509. The number of benzene rings is 9. The lowest BCUT2D eigenvalue weighted by atomic mass is 10.0. The smallest absolute Gasteiger partial charge is 0.259 e. The Balaban J connectivity index is 0.959. The minimum absolute atomic E-state index is 0.0290. The van der Waals surface area contributed by atoms with Crippen LogP contribution >= 0.6 is 0 Å². The molecule has 0 aliphatic carbocycles. The number of carbonyl (C=O) groups is 4. The van der Waals surface area contributed by atoms with Gasteiger partial charge in [0.2, 0.25) is 0 Å². The molecule has 76 heavy (non-hydrogen) atoms. The van der Waals surface area contributed by atoms with Crippen molar-refractivity contribution in [3.8, 4) is 23.0 Å². The molecule has 16 heteroatoms. The third kappa shape index (κ3) is 11.5. The lowest BCUT2D eigenvalue weighted by Crippen LogP contribution is -2.15. The number of aromatic hydroxyl groups is 2. The number of carbonyl (C=O) groups excluding carboxylic acids is 4. The highest BCUT2D eigenvalue weighted by atomic mass is 16.5. The molecule has 6 N–H and O–H groups in total. The molecule has 0 aromatic heterocycles. The molecule has 0 bridgehead atoms. The highest BCUT2D eigenvalue weighted by molar-refractivity contribution is 6.14. The second kappa shape index (κ2) is 22.7. The number of para-hydroxylation sites is 2. The van der Waals surface area contributed by atoms with Gasteiger partial charge < -0.3 is 41.0 Å². The van der Waals surface area contributed by atoms with Gasteiger partial charge in [-0.05, 0) is 122 Å².